The van der Waals surface area contributed by atoms with Crippen molar-refractivity contribution < 1.29 is 9.21 Å². The Hall–Kier alpha value is -2.97. The van der Waals surface area contributed by atoms with Crippen LogP contribution in [0.2, 0.25) is 0 Å². The van der Waals surface area contributed by atoms with E-state index in [1.54, 1.807) is 12.3 Å². The third kappa shape index (κ3) is 5.63. The van der Waals surface area contributed by atoms with Gasteiger partial charge in [-0.1, -0.05) is 39.0 Å². The summed E-state index contributed by atoms with van der Waals surface area (Å²) in [7, 11) is 0. The van der Waals surface area contributed by atoms with E-state index >= 15 is 0 Å². The number of oxazole rings is 1. The molecule has 2 amide bonds. The summed E-state index contributed by atoms with van der Waals surface area (Å²) < 4.78 is 5.76. The van der Waals surface area contributed by atoms with Crippen molar-refractivity contribution in [2.75, 3.05) is 23.7 Å². The first-order valence-electron chi connectivity index (χ1n) is 10.9. The first-order valence-corrected chi connectivity index (χ1v) is 11.7. The summed E-state index contributed by atoms with van der Waals surface area (Å²) in [5.74, 6) is 1.82. The number of para-hydroxylation sites is 1. The van der Waals surface area contributed by atoms with Crippen LogP contribution in [0, 0.1) is 0 Å². The molecule has 1 aromatic carbocycles. The monoisotopic (exact) mass is 451 g/mol. The molecule has 7 nitrogen and oxygen atoms in total. The van der Waals surface area contributed by atoms with E-state index in [2.05, 4.69) is 52.8 Å². The molecule has 0 spiro atoms. The van der Waals surface area contributed by atoms with Crippen LogP contribution < -0.4 is 16.0 Å². The van der Waals surface area contributed by atoms with Crippen molar-refractivity contribution in [1.29, 1.82) is 0 Å². The van der Waals surface area contributed by atoms with Crippen LogP contribution in [0.5, 0.6) is 0 Å². The van der Waals surface area contributed by atoms with Gasteiger partial charge in [-0.15, -0.1) is 11.3 Å². The van der Waals surface area contributed by atoms with Crippen LogP contribution in [-0.2, 0) is 5.41 Å². The number of amides is 2. The van der Waals surface area contributed by atoms with Crippen molar-refractivity contribution in [1.82, 2.24) is 15.3 Å². The van der Waals surface area contributed by atoms with Gasteiger partial charge >= 0.3 is 6.03 Å². The Kier molecular flexibility index (Phi) is 6.72. The lowest BCUT2D eigenvalue weighted by atomic mass is 9.89. The zero-order chi connectivity index (χ0) is 22.6. The number of nitrogens with one attached hydrogen (secondary N) is 3. The van der Waals surface area contributed by atoms with Gasteiger partial charge in [-0.05, 0) is 49.6 Å². The van der Waals surface area contributed by atoms with E-state index in [1.165, 1.54) is 16.9 Å². The fourth-order valence-electron chi connectivity index (χ4n) is 3.64. The number of hydrogen-bond donors (Lipinski definition) is 3. The highest BCUT2D eigenvalue weighted by Gasteiger charge is 2.20. The molecule has 1 fully saturated rings. The largest absolute Gasteiger partial charge is 0.441 e. The van der Waals surface area contributed by atoms with Gasteiger partial charge in [0.1, 0.15) is 5.76 Å². The van der Waals surface area contributed by atoms with Gasteiger partial charge in [0.2, 0.25) is 5.89 Å². The molecule has 3 N–H and O–H groups in total. The minimum absolute atomic E-state index is 0.0866. The Morgan fingerprint density at radius 1 is 1.19 bits per heavy atom. The Bertz CT molecular complexity index is 1090. The molecule has 8 heteroatoms. The van der Waals surface area contributed by atoms with Gasteiger partial charge in [0.25, 0.3) is 0 Å². The highest BCUT2D eigenvalue weighted by molar-refractivity contribution is 7.14. The number of nitrogens with zero attached hydrogens (tertiary/aromatic N) is 2. The van der Waals surface area contributed by atoms with Crippen LogP contribution in [-0.4, -0.2) is 29.1 Å². The van der Waals surface area contributed by atoms with E-state index in [9.17, 15) is 4.79 Å². The van der Waals surface area contributed by atoms with Crippen molar-refractivity contribution in [3.05, 3.63) is 58.8 Å². The summed E-state index contributed by atoms with van der Waals surface area (Å²) in [6.07, 6.45) is 7.50. The van der Waals surface area contributed by atoms with Crippen molar-refractivity contribution in [2.24, 2.45) is 0 Å². The number of anilines is 2. The van der Waals surface area contributed by atoms with E-state index in [-0.39, 0.29) is 11.4 Å². The molecule has 3 aromatic rings. The molecule has 0 aliphatic carbocycles. The average molecular weight is 452 g/mol. The second-order valence-electron chi connectivity index (χ2n) is 8.91. The summed E-state index contributed by atoms with van der Waals surface area (Å²) in [4.78, 5) is 21.3. The molecule has 0 saturated carbocycles. The van der Waals surface area contributed by atoms with E-state index in [4.69, 9.17) is 4.42 Å². The number of carbonyl (C=O) groups is 1. The van der Waals surface area contributed by atoms with Crippen LogP contribution in [0.4, 0.5) is 15.6 Å². The predicted molar refractivity (Wildman–Crippen MR) is 130 cm³/mol. The molecule has 1 saturated heterocycles. The van der Waals surface area contributed by atoms with E-state index in [0.717, 1.165) is 43.1 Å². The summed E-state index contributed by atoms with van der Waals surface area (Å²) in [6.45, 7) is 8.25. The summed E-state index contributed by atoms with van der Waals surface area (Å²) in [5.41, 5.74) is 2.69. The van der Waals surface area contributed by atoms with Crippen LogP contribution in [0.25, 0.3) is 12.2 Å². The van der Waals surface area contributed by atoms with Crippen LogP contribution in [0.3, 0.4) is 0 Å². The minimum Gasteiger partial charge on any atom is -0.441 e. The second-order valence-corrected chi connectivity index (χ2v) is 9.77. The normalized spacial score (nSPS) is 15.2. The zero-order valence-electron chi connectivity index (χ0n) is 18.6. The van der Waals surface area contributed by atoms with Crippen molar-refractivity contribution in [2.45, 2.75) is 44.9 Å². The van der Waals surface area contributed by atoms with Crippen molar-refractivity contribution >= 4 is 40.3 Å². The maximum absolute atomic E-state index is 12.6. The minimum atomic E-state index is -0.293. The number of rotatable bonds is 5. The number of benzene rings is 1. The van der Waals surface area contributed by atoms with Gasteiger partial charge in [0.05, 0.1) is 11.9 Å². The summed E-state index contributed by atoms with van der Waals surface area (Å²) in [5, 5.41) is 11.6. The molecule has 168 valence electrons. The number of piperidine rings is 1. The van der Waals surface area contributed by atoms with E-state index in [0.29, 0.717) is 16.9 Å². The standard InChI is InChI=1S/C24H29N5O2S/c1-24(2,3)20-14-26-21(31-20)9-8-17-15-32-23(27-17)29-22(30)28-19-7-5-4-6-18(19)16-10-12-25-13-11-16/h4-9,14-16,25H,10-13H2,1-3H3,(H2,27,28,29,30). The molecular formula is C24H29N5O2S. The molecule has 2 aromatic heterocycles. The summed E-state index contributed by atoms with van der Waals surface area (Å²) >= 11 is 1.37. The summed E-state index contributed by atoms with van der Waals surface area (Å²) in [6, 6.07) is 7.73. The third-order valence-corrected chi connectivity index (χ3v) is 6.17. The van der Waals surface area contributed by atoms with Gasteiger partial charge in [-0.25, -0.2) is 14.8 Å². The molecule has 1 aliphatic rings. The molecule has 32 heavy (non-hydrogen) atoms. The maximum Gasteiger partial charge on any atom is 0.325 e. The predicted octanol–water partition coefficient (Wildman–Crippen LogP) is 5.71. The quantitative estimate of drug-likeness (QED) is 0.462. The first kappa shape index (κ1) is 22.2. The first-order chi connectivity index (χ1) is 15.4. The maximum atomic E-state index is 12.6. The number of thiazole rings is 1. The topological polar surface area (TPSA) is 92.1 Å². The molecular weight excluding hydrogens is 422 g/mol. The van der Waals surface area contributed by atoms with Crippen molar-refractivity contribution in [3.8, 4) is 0 Å². The smallest absolute Gasteiger partial charge is 0.325 e. The Balaban J connectivity index is 1.37. The molecule has 0 bridgehead atoms. The lowest BCUT2D eigenvalue weighted by Crippen LogP contribution is -2.27. The molecule has 3 heterocycles. The SMILES string of the molecule is CC(C)(C)c1cnc(C=Cc2csc(NC(=O)Nc3ccccc3C3CCNCC3)n2)o1. The van der Waals surface area contributed by atoms with Gasteiger partial charge in [0, 0.05) is 22.6 Å². The number of hydrogen-bond acceptors (Lipinski definition) is 6. The number of carbonyl (C=O) groups excluding carboxylic acids is 1. The third-order valence-electron chi connectivity index (χ3n) is 5.39. The lowest BCUT2D eigenvalue weighted by molar-refractivity contribution is 0.262. The van der Waals surface area contributed by atoms with Crippen LogP contribution in [0.15, 0.2) is 40.3 Å². The molecule has 4 rings (SSSR count). The van der Waals surface area contributed by atoms with Gasteiger partial charge in [-0.3, -0.25) is 5.32 Å². The van der Waals surface area contributed by atoms with Crippen LogP contribution >= 0.6 is 11.3 Å². The number of aromatic nitrogens is 2. The molecule has 1 aliphatic heterocycles. The Labute approximate surface area is 192 Å². The zero-order valence-corrected chi connectivity index (χ0v) is 19.5. The van der Waals surface area contributed by atoms with Crippen LogP contribution in [0.1, 0.15) is 62.4 Å². The molecule has 0 unspecified atom stereocenters. The highest BCUT2D eigenvalue weighted by atomic mass is 32.1. The Morgan fingerprint density at radius 3 is 2.72 bits per heavy atom. The second kappa shape index (κ2) is 9.67. The molecule has 0 radical (unpaired) electrons. The van der Waals surface area contributed by atoms with E-state index < -0.39 is 0 Å². The molecule has 0 atom stereocenters. The van der Waals surface area contributed by atoms with Gasteiger partial charge in [0.15, 0.2) is 5.13 Å². The lowest BCUT2D eigenvalue weighted by Gasteiger charge is -2.25. The fraction of sp³-hybridized carbons (Fsp3) is 0.375. The van der Waals surface area contributed by atoms with E-state index in [1.807, 2.05) is 29.7 Å². The van der Waals surface area contributed by atoms with Gasteiger partial charge in [-0.2, -0.15) is 0 Å². The fourth-order valence-corrected chi connectivity index (χ4v) is 4.31. The highest BCUT2D eigenvalue weighted by Crippen LogP contribution is 2.31. The van der Waals surface area contributed by atoms with Crippen molar-refractivity contribution in [3.63, 3.8) is 0 Å². The number of urea groups is 1. The Morgan fingerprint density at radius 2 is 1.97 bits per heavy atom. The van der Waals surface area contributed by atoms with Gasteiger partial charge < -0.3 is 15.1 Å². The average Bonchev–Trinajstić information content (AvgIpc) is 3.42.